The van der Waals surface area contributed by atoms with Gasteiger partial charge >= 0.3 is 0 Å². The number of rotatable bonds is 4. The molecule has 29 heavy (non-hydrogen) atoms. The lowest BCUT2D eigenvalue weighted by molar-refractivity contribution is -0.122. The quantitative estimate of drug-likeness (QED) is 0.342. The molecule has 2 aromatic carbocycles. The first kappa shape index (κ1) is 21.4. The van der Waals surface area contributed by atoms with Gasteiger partial charge in [-0.2, -0.15) is 0 Å². The molecule has 0 radical (unpaired) electrons. The third kappa shape index (κ3) is 4.05. The highest BCUT2D eigenvalue weighted by Gasteiger charge is 2.36. The first-order valence-electron chi connectivity index (χ1n) is 8.26. The lowest BCUT2D eigenvalue weighted by Crippen LogP contribution is -2.54. The molecule has 3 rings (SSSR count). The summed E-state index contributed by atoms with van der Waals surface area (Å²) in [7, 11) is 0. The Morgan fingerprint density at radius 1 is 1.28 bits per heavy atom. The van der Waals surface area contributed by atoms with Crippen LogP contribution in [0, 0.1) is 5.82 Å². The van der Waals surface area contributed by atoms with E-state index in [0.717, 1.165) is 4.90 Å². The SMILES string of the molecule is CCOc1cc(/C=C2\C(=O)NC(=S)N(c3ccccc3F)C2=O)c(Br)c(Br)c1O. The Balaban J connectivity index is 2.11. The first-order valence-corrected chi connectivity index (χ1v) is 10.2. The van der Waals surface area contributed by atoms with Crippen molar-refractivity contribution in [1.29, 1.82) is 0 Å². The highest BCUT2D eigenvalue weighted by Crippen LogP contribution is 2.42. The maximum atomic E-state index is 14.2. The predicted molar refractivity (Wildman–Crippen MR) is 117 cm³/mol. The van der Waals surface area contributed by atoms with Gasteiger partial charge in [-0.25, -0.2) is 9.29 Å². The summed E-state index contributed by atoms with van der Waals surface area (Å²) < 4.78 is 20.3. The zero-order valence-corrected chi connectivity index (χ0v) is 18.8. The second-order valence-electron chi connectivity index (χ2n) is 5.78. The molecule has 0 spiro atoms. The van der Waals surface area contributed by atoms with Gasteiger partial charge in [-0.15, -0.1) is 0 Å². The Morgan fingerprint density at radius 3 is 2.62 bits per heavy atom. The molecule has 0 saturated carbocycles. The van der Waals surface area contributed by atoms with E-state index >= 15 is 0 Å². The van der Waals surface area contributed by atoms with Crippen LogP contribution in [0.15, 0.2) is 44.9 Å². The minimum Gasteiger partial charge on any atom is -0.503 e. The van der Waals surface area contributed by atoms with E-state index in [4.69, 9.17) is 17.0 Å². The molecule has 1 fully saturated rings. The number of hydrogen-bond donors (Lipinski definition) is 2. The molecule has 2 aromatic rings. The monoisotopic (exact) mass is 542 g/mol. The van der Waals surface area contributed by atoms with Crippen molar-refractivity contribution in [2.75, 3.05) is 11.5 Å². The van der Waals surface area contributed by atoms with Crippen LogP contribution in [0.4, 0.5) is 10.1 Å². The summed E-state index contributed by atoms with van der Waals surface area (Å²) in [5, 5.41) is 12.3. The fourth-order valence-electron chi connectivity index (χ4n) is 2.65. The van der Waals surface area contributed by atoms with Crippen LogP contribution in [-0.4, -0.2) is 28.6 Å². The van der Waals surface area contributed by atoms with Crippen molar-refractivity contribution < 1.29 is 23.8 Å². The Kier molecular flexibility index (Phi) is 6.35. The number of nitrogens with one attached hydrogen (secondary N) is 1. The van der Waals surface area contributed by atoms with Gasteiger partial charge in [0.05, 0.1) is 16.8 Å². The standard InChI is InChI=1S/C19H13Br2FN2O4S/c1-2-28-13-8-9(14(20)15(21)16(13)25)7-10-17(26)23-19(29)24(18(10)27)12-6-4-3-5-11(12)22/h3-8,25H,2H2,1H3,(H,23,26,29)/b10-7+. The van der Waals surface area contributed by atoms with E-state index in [9.17, 15) is 19.1 Å². The lowest BCUT2D eigenvalue weighted by Gasteiger charge is -2.29. The van der Waals surface area contributed by atoms with Crippen LogP contribution >= 0.6 is 44.1 Å². The molecule has 150 valence electrons. The first-order chi connectivity index (χ1) is 13.8. The van der Waals surface area contributed by atoms with Crippen LogP contribution in [0.1, 0.15) is 12.5 Å². The Morgan fingerprint density at radius 2 is 1.97 bits per heavy atom. The van der Waals surface area contributed by atoms with E-state index in [-0.39, 0.29) is 27.9 Å². The third-order valence-electron chi connectivity index (χ3n) is 3.97. The van der Waals surface area contributed by atoms with Gasteiger partial charge in [0, 0.05) is 4.47 Å². The van der Waals surface area contributed by atoms with Gasteiger partial charge in [-0.3, -0.25) is 14.9 Å². The normalized spacial score (nSPS) is 15.7. The number of phenolic OH excluding ortho intramolecular Hbond substituents is 1. The molecule has 0 aliphatic carbocycles. The van der Waals surface area contributed by atoms with Gasteiger partial charge in [0.1, 0.15) is 11.4 Å². The lowest BCUT2D eigenvalue weighted by atomic mass is 10.1. The number of ether oxygens (including phenoxy) is 1. The summed E-state index contributed by atoms with van der Waals surface area (Å²) >= 11 is 11.6. The average molecular weight is 544 g/mol. The summed E-state index contributed by atoms with van der Waals surface area (Å²) in [6.45, 7) is 2.05. The van der Waals surface area contributed by atoms with Crippen LogP contribution in [-0.2, 0) is 9.59 Å². The summed E-state index contributed by atoms with van der Waals surface area (Å²) in [5.74, 6) is -2.13. The third-order valence-corrected chi connectivity index (χ3v) is 6.41. The number of thiocarbonyl (C=S) groups is 1. The number of aromatic hydroxyl groups is 1. The van der Waals surface area contributed by atoms with Crippen LogP contribution in [0.2, 0.25) is 0 Å². The second-order valence-corrected chi connectivity index (χ2v) is 7.76. The maximum absolute atomic E-state index is 14.2. The highest BCUT2D eigenvalue weighted by molar-refractivity contribution is 9.13. The molecule has 2 N–H and O–H groups in total. The Hall–Kier alpha value is -2.30. The van der Waals surface area contributed by atoms with E-state index in [1.165, 1.54) is 30.3 Å². The fraction of sp³-hybridized carbons (Fsp3) is 0.105. The zero-order valence-electron chi connectivity index (χ0n) is 14.8. The average Bonchev–Trinajstić information content (AvgIpc) is 2.68. The summed E-state index contributed by atoms with van der Waals surface area (Å²) in [6.07, 6.45) is 1.31. The van der Waals surface area contributed by atoms with Gasteiger partial charge < -0.3 is 9.84 Å². The fourth-order valence-corrected chi connectivity index (χ4v) is 3.76. The second kappa shape index (κ2) is 8.60. The molecule has 0 bridgehead atoms. The molecule has 2 amide bonds. The van der Waals surface area contributed by atoms with E-state index in [0.29, 0.717) is 21.1 Å². The summed E-state index contributed by atoms with van der Waals surface area (Å²) in [5.41, 5.74) is 0.0508. The minimum atomic E-state index is -0.780. The number of para-hydroxylation sites is 1. The summed E-state index contributed by atoms with van der Waals surface area (Å²) in [6, 6.07) is 7.08. The van der Waals surface area contributed by atoms with Crippen LogP contribution in [0.25, 0.3) is 6.08 Å². The maximum Gasteiger partial charge on any atom is 0.270 e. The van der Waals surface area contributed by atoms with Gasteiger partial charge in [-0.05, 0) is 80.8 Å². The molecule has 1 heterocycles. The number of carbonyl (C=O) groups excluding carboxylic acids is 2. The molecule has 1 saturated heterocycles. The minimum absolute atomic E-state index is 0.0747. The molecule has 6 nitrogen and oxygen atoms in total. The molecule has 0 aromatic heterocycles. The van der Waals surface area contributed by atoms with Crippen molar-refractivity contribution in [2.24, 2.45) is 0 Å². The number of benzene rings is 2. The van der Waals surface area contributed by atoms with Crippen molar-refractivity contribution in [1.82, 2.24) is 5.32 Å². The number of halogens is 3. The number of phenols is 1. The van der Waals surface area contributed by atoms with Crippen LogP contribution in [0.5, 0.6) is 11.5 Å². The Bertz CT molecular complexity index is 1070. The van der Waals surface area contributed by atoms with Crippen LogP contribution < -0.4 is 15.0 Å². The molecule has 10 heteroatoms. The smallest absolute Gasteiger partial charge is 0.270 e. The van der Waals surface area contributed by atoms with Crippen molar-refractivity contribution in [3.8, 4) is 11.5 Å². The van der Waals surface area contributed by atoms with Crippen molar-refractivity contribution in [2.45, 2.75) is 6.92 Å². The number of anilines is 1. The largest absolute Gasteiger partial charge is 0.503 e. The van der Waals surface area contributed by atoms with Gasteiger partial charge in [0.15, 0.2) is 16.6 Å². The highest BCUT2D eigenvalue weighted by atomic mass is 79.9. The van der Waals surface area contributed by atoms with E-state index < -0.39 is 17.6 Å². The zero-order chi connectivity index (χ0) is 21.3. The van der Waals surface area contributed by atoms with E-state index in [1.807, 2.05) is 0 Å². The number of amides is 2. The Labute approximate surface area is 187 Å². The summed E-state index contributed by atoms with van der Waals surface area (Å²) in [4.78, 5) is 26.4. The van der Waals surface area contributed by atoms with Crippen molar-refractivity contribution in [3.05, 3.63) is 56.2 Å². The molecular weight excluding hydrogens is 531 g/mol. The molecule has 0 unspecified atom stereocenters. The number of carbonyl (C=O) groups is 2. The predicted octanol–water partition coefficient (Wildman–Crippen LogP) is 4.29. The number of hydrogen-bond acceptors (Lipinski definition) is 5. The van der Waals surface area contributed by atoms with Gasteiger partial charge in [-0.1, -0.05) is 12.1 Å². The topological polar surface area (TPSA) is 78.9 Å². The van der Waals surface area contributed by atoms with E-state index in [2.05, 4.69) is 37.2 Å². The molecular formula is C19H13Br2FN2O4S. The van der Waals surface area contributed by atoms with Gasteiger partial charge in [0.25, 0.3) is 11.8 Å². The van der Waals surface area contributed by atoms with Crippen molar-refractivity contribution in [3.63, 3.8) is 0 Å². The van der Waals surface area contributed by atoms with Gasteiger partial charge in [0.2, 0.25) is 0 Å². The van der Waals surface area contributed by atoms with Crippen LogP contribution in [0.3, 0.4) is 0 Å². The molecule has 1 aliphatic heterocycles. The molecule has 0 atom stereocenters. The molecule has 1 aliphatic rings. The number of nitrogens with zero attached hydrogens (tertiary/aromatic N) is 1. The van der Waals surface area contributed by atoms with Crippen molar-refractivity contribution >= 4 is 72.8 Å². The van der Waals surface area contributed by atoms with E-state index in [1.54, 1.807) is 13.0 Å².